The summed E-state index contributed by atoms with van der Waals surface area (Å²) in [6.07, 6.45) is 5.69. The highest BCUT2D eigenvalue weighted by atomic mass is 16.5. The van der Waals surface area contributed by atoms with E-state index in [0.717, 1.165) is 0 Å². The maximum absolute atomic E-state index is 5.01. The Balaban J connectivity index is 2.58. The molecule has 0 aromatic carbocycles. The van der Waals surface area contributed by atoms with E-state index >= 15 is 0 Å². The van der Waals surface area contributed by atoms with E-state index < -0.39 is 0 Å². The van der Waals surface area contributed by atoms with Crippen molar-refractivity contribution >= 4 is 5.95 Å². The Kier molecular flexibility index (Phi) is 5.02. The predicted octanol–water partition coefficient (Wildman–Crippen LogP) is 2.72. The maximum Gasteiger partial charge on any atom is 0.223 e. The van der Waals surface area contributed by atoms with E-state index in [9.17, 15) is 0 Å². The quantitative estimate of drug-likeness (QED) is 0.805. The summed E-state index contributed by atoms with van der Waals surface area (Å²) < 4.78 is 5.01. The number of ether oxygens (including phenoxy) is 1. The first-order chi connectivity index (χ1) is 7.71. The lowest BCUT2D eigenvalue weighted by molar-refractivity contribution is 0.410. The summed E-state index contributed by atoms with van der Waals surface area (Å²) in [5.74, 6) is 2.01. The number of aromatic nitrogens is 2. The van der Waals surface area contributed by atoms with Gasteiger partial charge in [0.25, 0.3) is 0 Å². The first-order valence-electron chi connectivity index (χ1n) is 5.83. The number of rotatable bonds is 6. The van der Waals surface area contributed by atoms with Crippen LogP contribution in [0, 0.1) is 5.92 Å². The number of hydrogen-bond donors (Lipinski definition) is 1. The van der Waals surface area contributed by atoms with Crippen LogP contribution >= 0.6 is 0 Å². The summed E-state index contributed by atoms with van der Waals surface area (Å²) in [5, 5.41) is 3.32. The predicted molar refractivity (Wildman–Crippen MR) is 65.7 cm³/mol. The Morgan fingerprint density at radius 2 is 1.81 bits per heavy atom. The monoisotopic (exact) mass is 223 g/mol. The Bertz CT molecular complexity index is 296. The summed E-state index contributed by atoms with van der Waals surface area (Å²) >= 11 is 0. The zero-order valence-corrected chi connectivity index (χ0v) is 10.5. The maximum atomic E-state index is 5.01. The van der Waals surface area contributed by atoms with Crippen molar-refractivity contribution in [3.8, 4) is 5.75 Å². The van der Waals surface area contributed by atoms with Crippen molar-refractivity contribution in [2.45, 2.75) is 39.7 Å². The normalized spacial score (nSPS) is 12.6. The highest BCUT2D eigenvalue weighted by Crippen LogP contribution is 2.16. The molecule has 0 aliphatic heterocycles. The van der Waals surface area contributed by atoms with Crippen molar-refractivity contribution in [2.75, 3.05) is 12.4 Å². The summed E-state index contributed by atoms with van der Waals surface area (Å²) in [7, 11) is 1.61. The van der Waals surface area contributed by atoms with Crippen LogP contribution in [0.2, 0.25) is 0 Å². The van der Waals surface area contributed by atoms with Crippen LogP contribution in [0.4, 0.5) is 5.95 Å². The van der Waals surface area contributed by atoms with Gasteiger partial charge in [-0.05, 0) is 12.8 Å². The van der Waals surface area contributed by atoms with Gasteiger partial charge in [0.1, 0.15) is 0 Å². The molecule has 0 saturated heterocycles. The molecule has 0 aliphatic rings. The highest BCUT2D eigenvalue weighted by Gasteiger charge is 2.13. The molecule has 0 spiro atoms. The molecule has 16 heavy (non-hydrogen) atoms. The first kappa shape index (κ1) is 12.7. The molecular weight excluding hydrogens is 202 g/mol. The minimum Gasteiger partial charge on any atom is -0.494 e. The van der Waals surface area contributed by atoms with Crippen molar-refractivity contribution in [3.05, 3.63) is 12.4 Å². The van der Waals surface area contributed by atoms with Crippen LogP contribution in [0.1, 0.15) is 33.6 Å². The van der Waals surface area contributed by atoms with E-state index in [2.05, 4.69) is 36.1 Å². The average molecular weight is 223 g/mol. The minimum atomic E-state index is 0.392. The molecule has 1 aromatic heterocycles. The van der Waals surface area contributed by atoms with Gasteiger partial charge in [0, 0.05) is 6.04 Å². The van der Waals surface area contributed by atoms with Gasteiger partial charge in [-0.15, -0.1) is 0 Å². The minimum absolute atomic E-state index is 0.392. The van der Waals surface area contributed by atoms with Crippen LogP contribution in [0.3, 0.4) is 0 Å². The summed E-state index contributed by atoms with van der Waals surface area (Å²) in [6.45, 7) is 6.59. The van der Waals surface area contributed by atoms with E-state index in [-0.39, 0.29) is 0 Å². The van der Waals surface area contributed by atoms with Gasteiger partial charge in [-0.3, -0.25) is 0 Å². The van der Waals surface area contributed by atoms with Gasteiger partial charge in [0.15, 0.2) is 5.75 Å². The summed E-state index contributed by atoms with van der Waals surface area (Å²) in [4.78, 5) is 8.39. The van der Waals surface area contributed by atoms with Crippen LogP contribution in [-0.2, 0) is 0 Å². The van der Waals surface area contributed by atoms with Gasteiger partial charge in [-0.1, -0.05) is 26.7 Å². The standard InChI is InChI=1S/C12H21N3O/c1-5-10(6-2)9(3)15-12-13-7-11(16-4)8-14-12/h7-10H,5-6H2,1-4H3,(H,13,14,15). The second-order valence-electron chi connectivity index (χ2n) is 3.96. The lowest BCUT2D eigenvalue weighted by atomic mass is 9.96. The molecule has 1 rings (SSSR count). The number of anilines is 1. The number of nitrogens with zero attached hydrogens (tertiary/aromatic N) is 2. The average Bonchev–Trinajstić information content (AvgIpc) is 2.31. The third-order valence-corrected chi connectivity index (χ3v) is 2.98. The van der Waals surface area contributed by atoms with Crippen LogP contribution in [0.15, 0.2) is 12.4 Å². The lowest BCUT2D eigenvalue weighted by Crippen LogP contribution is -2.26. The molecule has 4 heteroatoms. The van der Waals surface area contributed by atoms with E-state index in [0.29, 0.717) is 23.7 Å². The molecule has 1 aromatic rings. The number of hydrogen-bond acceptors (Lipinski definition) is 4. The molecule has 90 valence electrons. The fourth-order valence-corrected chi connectivity index (χ4v) is 1.81. The third-order valence-electron chi connectivity index (χ3n) is 2.98. The zero-order valence-electron chi connectivity index (χ0n) is 10.5. The summed E-state index contributed by atoms with van der Waals surface area (Å²) in [5.41, 5.74) is 0. The number of nitrogens with one attached hydrogen (secondary N) is 1. The van der Waals surface area contributed by atoms with Gasteiger partial charge in [0.05, 0.1) is 19.5 Å². The van der Waals surface area contributed by atoms with Crippen molar-refractivity contribution in [3.63, 3.8) is 0 Å². The van der Waals surface area contributed by atoms with Crippen molar-refractivity contribution in [2.24, 2.45) is 5.92 Å². The second-order valence-corrected chi connectivity index (χ2v) is 3.96. The largest absolute Gasteiger partial charge is 0.494 e. The SMILES string of the molecule is CCC(CC)C(C)Nc1ncc(OC)cn1. The van der Waals surface area contributed by atoms with Gasteiger partial charge >= 0.3 is 0 Å². The molecule has 1 N–H and O–H groups in total. The van der Waals surface area contributed by atoms with E-state index in [1.165, 1.54) is 12.8 Å². The van der Waals surface area contributed by atoms with Crippen LogP contribution in [0.25, 0.3) is 0 Å². The molecule has 0 fully saturated rings. The highest BCUT2D eigenvalue weighted by molar-refractivity contribution is 5.28. The smallest absolute Gasteiger partial charge is 0.223 e. The molecular formula is C12H21N3O. The Morgan fingerprint density at radius 1 is 1.25 bits per heavy atom. The molecule has 0 aliphatic carbocycles. The number of methoxy groups -OCH3 is 1. The molecule has 1 atom stereocenters. The first-order valence-corrected chi connectivity index (χ1v) is 5.83. The van der Waals surface area contributed by atoms with E-state index in [1.54, 1.807) is 19.5 Å². The van der Waals surface area contributed by atoms with E-state index in [1.807, 2.05) is 0 Å². The molecule has 1 unspecified atom stereocenters. The third kappa shape index (κ3) is 3.36. The van der Waals surface area contributed by atoms with Gasteiger partial charge in [0.2, 0.25) is 5.95 Å². The molecule has 0 bridgehead atoms. The van der Waals surface area contributed by atoms with Crippen molar-refractivity contribution in [1.82, 2.24) is 9.97 Å². The molecule has 0 amide bonds. The Labute approximate surface area is 97.5 Å². The summed E-state index contributed by atoms with van der Waals surface area (Å²) in [6, 6.07) is 0.392. The van der Waals surface area contributed by atoms with Crippen LogP contribution in [-0.4, -0.2) is 23.1 Å². The van der Waals surface area contributed by atoms with Crippen LogP contribution in [0.5, 0.6) is 5.75 Å². The lowest BCUT2D eigenvalue weighted by Gasteiger charge is -2.22. The fraction of sp³-hybridized carbons (Fsp3) is 0.667. The van der Waals surface area contributed by atoms with Crippen molar-refractivity contribution in [1.29, 1.82) is 0 Å². The Morgan fingerprint density at radius 3 is 2.25 bits per heavy atom. The second kappa shape index (κ2) is 6.30. The van der Waals surface area contributed by atoms with Gasteiger partial charge in [-0.25, -0.2) is 9.97 Å². The van der Waals surface area contributed by atoms with E-state index in [4.69, 9.17) is 4.74 Å². The fourth-order valence-electron chi connectivity index (χ4n) is 1.81. The topological polar surface area (TPSA) is 47.0 Å². The van der Waals surface area contributed by atoms with Gasteiger partial charge in [-0.2, -0.15) is 0 Å². The molecule has 4 nitrogen and oxygen atoms in total. The molecule has 1 heterocycles. The molecule has 0 saturated carbocycles. The van der Waals surface area contributed by atoms with Gasteiger partial charge < -0.3 is 10.1 Å². The van der Waals surface area contributed by atoms with Crippen LogP contribution < -0.4 is 10.1 Å². The zero-order chi connectivity index (χ0) is 12.0. The van der Waals surface area contributed by atoms with Crippen molar-refractivity contribution < 1.29 is 4.74 Å². The Hall–Kier alpha value is -1.32. The molecule has 0 radical (unpaired) electrons.